The summed E-state index contributed by atoms with van der Waals surface area (Å²) in [5, 5.41) is 8.83. The third-order valence-corrected chi connectivity index (χ3v) is 6.33. The SMILES string of the molecule is O=C1CCCN1C1NNC2CCC(c3cn(Cc4ccccc4)nn3)CC21. The van der Waals surface area contributed by atoms with Crippen LogP contribution in [0, 0.1) is 5.92 Å². The number of amides is 1. The Balaban J connectivity index is 1.28. The normalized spacial score (nSPS) is 30.7. The van der Waals surface area contributed by atoms with Gasteiger partial charge in [-0.05, 0) is 31.2 Å². The predicted octanol–water partition coefficient (Wildman–Crippen LogP) is 1.63. The molecule has 3 aliphatic rings. The summed E-state index contributed by atoms with van der Waals surface area (Å²) >= 11 is 0. The van der Waals surface area contributed by atoms with Crippen molar-refractivity contribution in [3.8, 4) is 0 Å². The Hall–Kier alpha value is -2.25. The summed E-state index contributed by atoms with van der Waals surface area (Å²) in [7, 11) is 0. The molecule has 1 aromatic carbocycles. The van der Waals surface area contributed by atoms with Crippen LogP contribution in [-0.2, 0) is 11.3 Å². The van der Waals surface area contributed by atoms with Gasteiger partial charge in [0.15, 0.2) is 0 Å². The van der Waals surface area contributed by atoms with E-state index in [0.29, 0.717) is 24.3 Å². The van der Waals surface area contributed by atoms with Crippen LogP contribution in [0.4, 0.5) is 0 Å². The van der Waals surface area contributed by atoms with E-state index in [-0.39, 0.29) is 12.1 Å². The molecule has 2 N–H and O–H groups in total. The Labute approximate surface area is 159 Å². The summed E-state index contributed by atoms with van der Waals surface area (Å²) in [6.07, 6.45) is 7.14. The van der Waals surface area contributed by atoms with Crippen molar-refractivity contribution < 1.29 is 4.79 Å². The van der Waals surface area contributed by atoms with Crippen molar-refractivity contribution >= 4 is 5.91 Å². The highest BCUT2D eigenvalue weighted by Crippen LogP contribution is 2.40. The third kappa shape index (κ3) is 3.26. The number of likely N-dealkylation sites (tertiary alicyclic amines) is 1. The van der Waals surface area contributed by atoms with Gasteiger partial charge in [-0.1, -0.05) is 35.5 Å². The Morgan fingerprint density at radius 1 is 1.15 bits per heavy atom. The van der Waals surface area contributed by atoms with Crippen LogP contribution < -0.4 is 10.9 Å². The standard InChI is InChI=1S/C20H26N6O/c27-19-7-4-10-26(19)20-16-11-15(8-9-17(16)21-23-20)18-13-25(24-22-18)12-14-5-2-1-3-6-14/h1-3,5-6,13,15-17,20-21,23H,4,7-12H2. The van der Waals surface area contributed by atoms with E-state index in [1.807, 2.05) is 27.8 Å². The summed E-state index contributed by atoms with van der Waals surface area (Å²) < 4.78 is 1.93. The molecule has 1 amide bonds. The zero-order valence-corrected chi connectivity index (χ0v) is 15.4. The van der Waals surface area contributed by atoms with Gasteiger partial charge < -0.3 is 4.90 Å². The summed E-state index contributed by atoms with van der Waals surface area (Å²) in [5.41, 5.74) is 9.14. The van der Waals surface area contributed by atoms with Crippen LogP contribution >= 0.6 is 0 Å². The van der Waals surface area contributed by atoms with Crippen LogP contribution in [0.5, 0.6) is 0 Å². The molecule has 3 heterocycles. The van der Waals surface area contributed by atoms with Gasteiger partial charge in [0.2, 0.25) is 5.91 Å². The summed E-state index contributed by atoms with van der Waals surface area (Å²) in [6, 6.07) is 10.8. The molecular weight excluding hydrogens is 340 g/mol. The average molecular weight is 366 g/mol. The van der Waals surface area contributed by atoms with Crippen molar-refractivity contribution in [1.82, 2.24) is 30.7 Å². The van der Waals surface area contributed by atoms with Crippen LogP contribution in [-0.4, -0.2) is 44.6 Å². The van der Waals surface area contributed by atoms with Crippen molar-refractivity contribution in [3.05, 3.63) is 47.8 Å². The van der Waals surface area contributed by atoms with Crippen molar-refractivity contribution in [3.63, 3.8) is 0 Å². The highest BCUT2D eigenvalue weighted by atomic mass is 16.2. The van der Waals surface area contributed by atoms with E-state index in [0.717, 1.165) is 44.5 Å². The molecule has 2 aromatic rings. The number of carbonyl (C=O) groups excluding carboxylic acids is 1. The molecule has 7 nitrogen and oxygen atoms in total. The van der Waals surface area contributed by atoms with Crippen molar-refractivity contribution in [2.45, 2.75) is 56.8 Å². The lowest BCUT2D eigenvalue weighted by Gasteiger charge is -2.35. The zero-order chi connectivity index (χ0) is 18.2. The Kier molecular flexibility index (Phi) is 4.41. The summed E-state index contributed by atoms with van der Waals surface area (Å²) in [6.45, 7) is 1.62. The van der Waals surface area contributed by atoms with Gasteiger partial charge in [-0.25, -0.2) is 10.1 Å². The lowest BCUT2D eigenvalue weighted by molar-refractivity contribution is -0.131. The van der Waals surface area contributed by atoms with Crippen LogP contribution in [0.15, 0.2) is 36.5 Å². The molecule has 0 radical (unpaired) electrons. The molecule has 2 saturated heterocycles. The molecule has 27 heavy (non-hydrogen) atoms. The number of carbonyl (C=O) groups is 1. The second-order valence-electron chi connectivity index (χ2n) is 8.03. The van der Waals surface area contributed by atoms with Crippen LogP contribution in [0.3, 0.4) is 0 Å². The van der Waals surface area contributed by atoms with Gasteiger partial charge >= 0.3 is 0 Å². The van der Waals surface area contributed by atoms with Gasteiger partial charge in [-0.3, -0.25) is 10.2 Å². The molecule has 1 aromatic heterocycles. The number of fused-ring (bicyclic) bond motifs is 1. The molecule has 5 rings (SSSR count). The van der Waals surface area contributed by atoms with Crippen LogP contribution in [0.25, 0.3) is 0 Å². The van der Waals surface area contributed by atoms with E-state index in [2.05, 4.69) is 39.5 Å². The molecule has 4 atom stereocenters. The molecule has 0 bridgehead atoms. The second kappa shape index (κ2) is 7.05. The Bertz CT molecular complexity index is 806. The number of nitrogens with one attached hydrogen (secondary N) is 2. The number of benzene rings is 1. The maximum atomic E-state index is 12.2. The van der Waals surface area contributed by atoms with E-state index in [1.165, 1.54) is 5.56 Å². The zero-order valence-electron chi connectivity index (χ0n) is 15.4. The fourth-order valence-corrected chi connectivity index (χ4v) is 4.92. The maximum absolute atomic E-state index is 12.2. The quantitative estimate of drug-likeness (QED) is 0.860. The molecule has 1 saturated carbocycles. The van der Waals surface area contributed by atoms with E-state index in [9.17, 15) is 4.79 Å². The molecule has 2 aliphatic heterocycles. The first kappa shape index (κ1) is 16.9. The average Bonchev–Trinajstić information content (AvgIpc) is 3.41. The number of hydrogen-bond donors (Lipinski definition) is 2. The van der Waals surface area contributed by atoms with Crippen LogP contribution in [0.2, 0.25) is 0 Å². The molecule has 142 valence electrons. The third-order valence-electron chi connectivity index (χ3n) is 6.33. The van der Waals surface area contributed by atoms with Crippen LogP contribution in [0.1, 0.15) is 49.3 Å². The van der Waals surface area contributed by atoms with Gasteiger partial charge in [-0.2, -0.15) is 0 Å². The minimum Gasteiger partial charge on any atom is -0.326 e. The lowest BCUT2D eigenvalue weighted by atomic mass is 9.76. The number of hydrogen-bond acceptors (Lipinski definition) is 5. The number of aromatic nitrogens is 3. The van der Waals surface area contributed by atoms with Crippen molar-refractivity contribution in [2.24, 2.45) is 5.92 Å². The van der Waals surface area contributed by atoms with Gasteiger partial charge in [0.05, 0.1) is 18.4 Å². The smallest absolute Gasteiger partial charge is 0.223 e. The predicted molar refractivity (Wildman–Crippen MR) is 100 cm³/mol. The fourth-order valence-electron chi connectivity index (χ4n) is 4.92. The minimum atomic E-state index is 0.118. The van der Waals surface area contributed by atoms with Gasteiger partial charge in [0.25, 0.3) is 0 Å². The van der Waals surface area contributed by atoms with E-state index >= 15 is 0 Å². The molecule has 1 aliphatic carbocycles. The minimum absolute atomic E-state index is 0.118. The number of nitrogens with zero attached hydrogens (tertiary/aromatic N) is 4. The molecular formula is C20H26N6O. The maximum Gasteiger partial charge on any atom is 0.223 e. The summed E-state index contributed by atoms with van der Waals surface area (Å²) in [5.74, 6) is 1.13. The first-order valence-corrected chi connectivity index (χ1v) is 10.0. The first-order chi connectivity index (χ1) is 13.3. The number of rotatable bonds is 4. The first-order valence-electron chi connectivity index (χ1n) is 10.0. The monoisotopic (exact) mass is 366 g/mol. The second-order valence-corrected chi connectivity index (χ2v) is 8.03. The molecule has 7 heteroatoms. The Morgan fingerprint density at radius 2 is 2.04 bits per heavy atom. The topological polar surface area (TPSA) is 75.1 Å². The van der Waals surface area contributed by atoms with E-state index in [1.54, 1.807) is 0 Å². The van der Waals surface area contributed by atoms with E-state index in [4.69, 9.17) is 0 Å². The Morgan fingerprint density at radius 3 is 2.85 bits per heavy atom. The van der Waals surface area contributed by atoms with E-state index < -0.39 is 0 Å². The van der Waals surface area contributed by atoms with Gasteiger partial charge in [-0.15, -0.1) is 5.10 Å². The highest BCUT2D eigenvalue weighted by molar-refractivity contribution is 5.78. The lowest BCUT2D eigenvalue weighted by Crippen LogP contribution is -2.48. The van der Waals surface area contributed by atoms with Gasteiger partial charge in [0.1, 0.15) is 0 Å². The number of hydrazine groups is 1. The fraction of sp³-hybridized carbons (Fsp3) is 0.550. The highest BCUT2D eigenvalue weighted by Gasteiger charge is 2.45. The molecule has 0 spiro atoms. The molecule has 4 unspecified atom stereocenters. The largest absolute Gasteiger partial charge is 0.326 e. The van der Waals surface area contributed by atoms with Gasteiger partial charge in [0, 0.05) is 37.0 Å². The summed E-state index contributed by atoms with van der Waals surface area (Å²) in [4.78, 5) is 14.2. The van der Waals surface area contributed by atoms with Crippen molar-refractivity contribution in [2.75, 3.05) is 6.54 Å². The molecule has 3 fully saturated rings. The van der Waals surface area contributed by atoms with Crippen molar-refractivity contribution in [1.29, 1.82) is 0 Å².